The van der Waals surface area contributed by atoms with Crippen LogP contribution in [0.15, 0.2) is 48.5 Å². The van der Waals surface area contributed by atoms with Gasteiger partial charge in [-0.3, -0.25) is 9.59 Å². The van der Waals surface area contributed by atoms with E-state index in [1.807, 2.05) is 6.92 Å². The fourth-order valence-electron chi connectivity index (χ4n) is 2.36. The summed E-state index contributed by atoms with van der Waals surface area (Å²) in [5.74, 6) is -0.281. The van der Waals surface area contributed by atoms with Crippen molar-refractivity contribution in [2.45, 2.75) is 20.0 Å². The smallest absolute Gasteiger partial charge is 0.416 e. The molecule has 0 saturated carbocycles. The third kappa shape index (κ3) is 5.73. The van der Waals surface area contributed by atoms with Crippen molar-refractivity contribution in [2.24, 2.45) is 0 Å². The first-order valence-electron chi connectivity index (χ1n) is 8.18. The molecule has 2 aromatic carbocycles. The summed E-state index contributed by atoms with van der Waals surface area (Å²) < 4.78 is 43.3. The number of carbonyl (C=O) groups excluding carboxylic acids is 2. The molecule has 0 radical (unpaired) electrons. The number of amides is 2. The van der Waals surface area contributed by atoms with E-state index in [-0.39, 0.29) is 12.2 Å². The third-order valence-electron chi connectivity index (χ3n) is 3.64. The lowest BCUT2D eigenvalue weighted by Crippen LogP contribution is -2.36. The highest BCUT2D eigenvalue weighted by Gasteiger charge is 2.30. The van der Waals surface area contributed by atoms with Crippen molar-refractivity contribution in [3.05, 3.63) is 54.1 Å². The molecule has 0 aromatic heterocycles. The second-order valence-electron chi connectivity index (χ2n) is 5.66. The van der Waals surface area contributed by atoms with Crippen LogP contribution in [0.4, 0.5) is 24.5 Å². The fraction of sp³-hybridized carbons (Fsp3) is 0.263. The lowest BCUT2D eigenvalue weighted by Gasteiger charge is -2.21. The SMILES string of the molecule is CCOc1ccc(NC(=O)CN(C(C)=O)c2ccc(C(F)(F)F)cc2)cc1. The summed E-state index contributed by atoms with van der Waals surface area (Å²) in [5.41, 5.74) is -0.106. The molecule has 5 nitrogen and oxygen atoms in total. The van der Waals surface area contributed by atoms with E-state index in [1.165, 1.54) is 6.92 Å². The van der Waals surface area contributed by atoms with Crippen molar-refractivity contribution in [2.75, 3.05) is 23.4 Å². The van der Waals surface area contributed by atoms with Gasteiger partial charge < -0.3 is 15.0 Å². The number of benzene rings is 2. The number of nitrogens with one attached hydrogen (secondary N) is 1. The highest BCUT2D eigenvalue weighted by molar-refractivity contribution is 6.01. The third-order valence-corrected chi connectivity index (χ3v) is 3.64. The Morgan fingerprint density at radius 1 is 1.04 bits per heavy atom. The summed E-state index contributed by atoms with van der Waals surface area (Å²) >= 11 is 0. The number of carbonyl (C=O) groups is 2. The van der Waals surface area contributed by atoms with Gasteiger partial charge in [0.05, 0.1) is 12.2 Å². The van der Waals surface area contributed by atoms with Crippen LogP contribution in [-0.2, 0) is 15.8 Å². The molecule has 0 aliphatic heterocycles. The van der Waals surface area contributed by atoms with Crippen LogP contribution >= 0.6 is 0 Å². The summed E-state index contributed by atoms with van der Waals surface area (Å²) in [6.45, 7) is 3.29. The Morgan fingerprint density at radius 2 is 1.63 bits per heavy atom. The van der Waals surface area contributed by atoms with Gasteiger partial charge in [0, 0.05) is 18.3 Å². The van der Waals surface area contributed by atoms with E-state index in [0.29, 0.717) is 18.0 Å². The molecule has 0 unspecified atom stereocenters. The molecule has 0 fully saturated rings. The molecular weight excluding hydrogens is 361 g/mol. The van der Waals surface area contributed by atoms with Crippen molar-refractivity contribution in [1.29, 1.82) is 0 Å². The number of rotatable bonds is 6. The zero-order valence-corrected chi connectivity index (χ0v) is 14.8. The van der Waals surface area contributed by atoms with Crippen LogP contribution in [0.1, 0.15) is 19.4 Å². The molecule has 0 aliphatic carbocycles. The van der Waals surface area contributed by atoms with Crippen molar-refractivity contribution in [1.82, 2.24) is 0 Å². The van der Waals surface area contributed by atoms with Gasteiger partial charge in [0.2, 0.25) is 11.8 Å². The Labute approximate surface area is 154 Å². The summed E-state index contributed by atoms with van der Waals surface area (Å²) in [6.07, 6.45) is -4.47. The second-order valence-corrected chi connectivity index (χ2v) is 5.66. The number of hydrogen-bond donors (Lipinski definition) is 1. The van der Waals surface area contributed by atoms with Gasteiger partial charge in [0.1, 0.15) is 12.3 Å². The van der Waals surface area contributed by atoms with Gasteiger partial charge in [0.25, 0.3) is 0 Å². The Hall–Kier alpha value is -3.03. The average Bonchev–Trinajstić information content (AvgIpc) is 2.61. The first-order valence-corrected chi connectivity index (χ1v) is 8.18. The minimum Gasteiger partial charge on any atom is -0.494 e. The van der Waals surface area contributed by atoms with E-state index in [4.69, 9.17) is 4.74 Å². The summed E-state index contributed by atoms with van der Waals surface area (Å²) in [6, 6.07) is 10.8. The van der Waals surface area contributed by atoms with E-state index < -0.39 is 23.6 Å². The fourth-order valence-corrected chi connectivity index (χ4v) is 2.36. The lowest BCUT2D eigenvalue weighted by atomic mass is 10.2. The number of halogens is 3. The van der Waals surface area contributed by atoms with Gasteiger partial charge in [0.15, 0.2) is 0 Å². The molecule has 0 saturated heterocycles. The van der Waals surface area contributed by atoms with E-state index in [0.717, 1.165) is 29.2 Å². The van der Waals surface area contributed by atoms with Crippen LogP contribution in [0.5, 0.6) is 5.75 Å². The van der Waals surface area contributed by atoms with Crippen LogP contribution in [0.3, 0.4) is 0 Å². The molecule has 0 bridgehead atoms. The van der Waals surface area contributed by atoms with Crippen LogP contribution in [0.25, 0.3) is 0 Å². The summed E-state index contributed by atoms with van der Waals surface area (Å²) in [4.78, 5) is 25.2. The number of nitrogens with zero attached hydrogens (tertiary/aromatic N) is 1. The molecule has 2 rings (SSSR count). The Morgan fingerprint density at radius 3 is 2.11 bits per heavy atom. The van der Waals surface area contributed by atoms with Crippen molar-refractivity contribution in [3.63, 3.8) is 0 Å². The second kappa shape index (κ2) is 8.57. The minimum atomic E-state index is -4.47. The normalized spacial score (nSPS) is 11.0. The topological polar surface area (TPSA) is 58.6 Å². The minimum absolute atomic E-state index is 0.206. The predicted octanol–water partition coefficient (Wildman–Crippen LogP) is 4.10. The zero-order chi connectivity index (χ0) is 20.0. The van der Waals surface area contributed by atoms with Gasteiger partial charge in [-0.25, -0.2) is 0 Å². The molecule has 144 valence electrons. The molecular formula is C19H19F3N2O3. The van der Waals surface area contributed by atoms with Crippen molar-refractivity contribution < 1.29 is 27.5 Å². The molecule has 0 atom stereocenters. The highest BCUT2D eigenvalue weighted by atomic mass is 19.4. The summed E-state index contributed by atoms with van der Waals surface area (Å²) in [5, 5.41) is 2.63. The molecule has 8 heteroatoms. The van der Waals surface area contributed by atoms with Gasteiger partial charge >= 0.3 is 6.18 Å². The lowest BCUT2D eigenvalue weighted by molar-refractivity contribution is -0.137. The Bertz CT molecular complexity index is 787. The van der Waals surface area contributed by atoms with E-state index in [9.17, 15) is 22.8 Å². The molecule has 0 spiro atoms. The molecule has 0 aliphatic rings. The van der Waals surface area contributed by atoms with Gasteiger partial charge in [-0.1, -0.05) is 0 Å². The molecule has 2 aromatic rings. The van der Waals surface area contributed by atoms with Gasteiger partial charge in [-0.15, -0.1) is 0 Å². The van der Waals surface area contributed by atoms with Gasteiger partial charge in [-0.2, -0.15) is 13.2 Å². The van der Waals surface area contributed by atoms with E-state index in [1.54, 1.807) is 24.3 Å². The molecule has 2 amide bonds. The highest BCUT2D eigenvalue weighted by Crippen LogP contribution is 2.30. The van der Waals surface area contributed by atoms with E-state index >= 15 is 0 Å². The quantitative estimate of drug-likeness (QED) is 0.821. The maximum Gasteiger partial charge on any atom is 0.416 e. The predicted molar refractivity (Wildman–Crippen MR) is 95.7 cm³/mol. The summed E-state index contributed by atoms with van der Waals surface area (Å²) in [7, 11) is 0. The first kappa shape index (κ1) is 20.3. The zero-order valence-electron chi connectivity index (χ0n) is 14.8. The van der Waals surface area contributed by atoms with Gasteiger partial charge in [-0.05, 0) is 55.5 Å². The number of hydrogen-bond acceptors (Lipinski definition) is 3. The van der Waals surface area contributed by atoms with Crippen molar-refractivity contribution in [3.8, 4) is 5.75 Å². The van der Waals surface area contributed by atoms with Crippen LogP contribution < -0.4 is 15.0 Å². The van der Waals surface area contributed by atoms with Crippen LogP contribution in [0, 0.1) is 0 Å². The maximum atomic E-state index is 12.7. The molecule has 0 heterocycles. The maximum absolute atomic E-state index is 12.7. The number of ether oxygens (including phenoxy) is 1. The molecule has 1 N–H and O–H groups in total. The van der Waals surface area contributed by atoms with Crippen molar-refractivity contribution >= 4 is 23.2 Å². The molecule has 27 heavy (non-hydrogen) atoms. The Kier molecular flexibility index (Phi) is 6.44. The number of alkyl halides is 3. The number of anilines is 2. The first-order chi connectivity index (χ1) is 12.7. The Balaban J connectivity index is 2.06. The van der Waals surface area contributed by atoms with Crippen LogP contribution in [-0.4, -0.2) is 25.0 Å². The monoisotopic (exact) mass is 380 g/mol. The van der Waals surface area contributed by atoms with E-state index in [2.05, 4.69) is 5.32 Å². The van der Waals surface area contributed by atoms with Crippen LogP contribution in [0.2, 0.25) is 0 Å². The largest absolute Gasteiger partial charge is 0.494 e. The standard InChI is InChI=1S/C19H19F3N2O3/c1-3-27-17-10-6-15(7-11-17)23-18(26)12-24(13(2)25)16-8-4-14(5-9-16)19(20,21)22/h4-11H,3,12H2,1-2H3,(H,23,26). The average molecular weight is 380 g/mol.